The van der Waals surface area contributed by atoms with Crippen LogP contribution in [0.25, 0.3) is 0 Å². The molecule has 2 rings (SSSR count). The van der Waals surface area contributed by atoms with Crippen molar-refractivity contribution in [1.29, 1.82) is 0 Å². The number of nitrogens with zero attached hydrogens (tertiary/aromatic N) is 2. The summed E-state index contributed by atoms with van der Waals surface area (Å²) >= 11 is 0. The van der Waals surface area contributed by atoms with Crippen LogP contribution in [-0.2, 0) is 6.54 Å². The molecule has 0 aliphatic heterocycles. The van der Waals surface area contributed by atoms with Gasteiger partial charge in [0, 0.05) is 24.2 Å². The Balaban J connectivity index is 2.02. The highest BCUT2D eigenvalue weighted by Gasteiger charge is 2.03. The van der Waals surface area contributed by atoms with Gasteiger partial charge in [0.2, 0.25) is 0 Å². The van der Waals surface area contributed by atoms with Crippen LogP contribution in [0, 0.1) is 6.92 Å². The zero-order valence-corrected chi connectivity index (χ0v) is 12.7. The monoisotopic (exact) mass is 286 g/mol. The molecule has 2 aromatic heterocycles. The summed E-state index contributed by atoms with van der Waals surface area (Å²) in [7, 11) is 0. The summed E-state index contributed by atoms with van der Waals surface area (Å²) in [6.07, 6.45) is 6.88. The molecule has 4 nitrogen and oxygen atoms in total. The van der Waals surface area contributed by atoms with Crippen molar-refractivity contribution in [3.8, 4) is 5.75 Å². The Morgan fingerprint density at radius 3 is 2.86 bits per heavy atom. The Kier molecular flexibility index (Phi) is 5.55. The molecule has 0 bridgehead atoms. The van der Waals surface area contributed by atoms with E-state index in [-0.39, 0.29) is 5.56 Å². The second-order valence-corrected chi connectivity index (χ2v) is 5.13. The molecule has 0 spiro atoms. The molecule has 0 aromatic carbocycles. The van der Waals surface area contributed by atoms with E-state index in [9.17, 15) is 4.79 Å². The highest BCUT2D eigenvalue weighted by atomic mass is 16.5. The Morgan fingerprint density at radius 1 is 1.29 bits per heavy atom. The Morgan fingerprint density at radius 2 is 2.14 bits per heavy atom. The average molecular weight is 286 g/mol. The van der Waals surface area contributed by atoms with Crippen LogP contribution in [0.3, 0.4) is 0 Å². The molecule has 2 aromatic rings. The minimum absolute atomic E-state index is 0.0498. The number of aryl methyl sites for hydroxylation is 1. The van der Waals surface area contributed by atoms with Crippen molar-refractivity contribution < 1.29 is 4.74 Å². The van der Waals surface area contributed by atoms with Crippen molar-refractivity contribution in [2.75, 3.05) is 6.61 Å². The zero-order valence-electron chi connectivity index (χ0n) is 12.7. The smallest absolute Gasteiger partial charge is 0.254 e. The van der Waals surface area contributed by atoms with Gasteiger partial charge in [0.15, 0.2) is 0 Å². The first-order valence-electron chi connectivity index (χ1n) is 7.44. The largest absolute Gasteiger partial charge is 0.493 e. The predicted octanol–water partition coefficient (Wildman–Crippen LogP) is 3.17. The Bertz CT molecular complexity index is 635. The van der Waals surface area contributed by atoms with Crippen molar-refractivity contribution >= 4 is 0 Å². The summed E-state index contributed by atoms with van der Waals surface area (Å²) in [6.45, 7) is 5.31. The summed E-state index contributed by atoms with van der Waals surface area (Å²) < 4.78 is 7.26. The first-order chi connectivity index (χ1) is 10.2. The summed E-state index contributed by atoms with van der Waals surface area (Å²) in [6, 6.07) is 7.28. The van der Waals surface area contributed by atoms with E-state index >= 15 is 0 Å². The lowest BCUT2D eigenvalue weighted by Gasteiger charge is -2.10. The molecular formula is C17H22N2O2. The SMILES string of the molecule is CCCCCOc1ccn(Cc2cccnc2C)c(=O)c1. The van der Waals surface area contributed by atoms with Gasteiger partial charge in [-0.05, 0) is 31.0 Å². The average Bonchev–Trinajstić information content (AvgIpc) is 2.48. The van der Waals surface area contributed by atoms with Gasteiger partial charge < -0.3 is 9.30 Å². The van der Waals surface area contributed by atoms with E-state index in [4.69, 9.17) is 4.74 Å². The van der Waals surface area contributed by atoms with Crippen LogP contribution in [0.4, 0.5) is 0 Å². The van der Waals surface area contributed by atoms with Crippen LogP contribution in [0.1, 0.15) is 37.4 Å². The van der Waals surface area contributed by atoms with Gasteiger partial charge >= 0.3 is 0 Å². The molecule has 0 saturated heterocycles. The minimum Gasteiger partial charge on any atom is -0.493 e. The highest BCUT2D eigenvalue weighted by Crippen LogP contribution is 2.09. The fraction of sp³-hybridized carbons (Fsp3) is 0.412. The van der Waals surface area contributed by atoms with Gasteiger partial charge in [-0.3, -0.25) is 9.78 Å². The molecule has 21 heavy (non-hydrogen) atoms. The van der Waals surface area contributed by atoms with Crippen LogP contribution in [0.5, 0.6) is 5.75 Å². The maximum Gasteiger partial charge on any atom is 0.254 e. The normalized spacial score (nSPS) is 10.6. The molecule has 0 aliphatic carbocycles. The Labute approximate surface area is 125 Å². The van der Waals surface area contributed by atoms with Crippen molar-refractivity contribution in [1.82, 2.24) is 9.55 Å². The summed E-state index contributed by atoms with van der Waals surface area (Å²) in [5, 5.41) is 0. The van der Waals surface area contributed by atoms with Gasteiger partial charge in [-0.1, -0.05) is 25.8 Å². The lowest BCUT2D eigenvalue weighted by Crippen LogP contribution is -2.20. The fourth-order valence-electron chi connectivity index (χ4n) is 2.12. The standard InChI is InChI=1S/C17H22N2O2/c1-3-4-5-11-21-16-8-10-19(17(20)12-16)13-15-7-6-9-18-14(15)2/h6-10,12H,3-5,11,13H2,1-2H3. The minimum atomic E-state index is -0.0498. The van der Waals surface area contributed by atoms with Crippen LogP contribution in [0.15, 0.2) is 41.5 Å². The second kappa shape index (κ2) is 7.62. The van der Waals surface area contributed by atoms with Crippen molar-refractivity contribution in [3.63, 3.8) is 0 Å². The molecule has 0 unspecified atom stereocenters. The van der Waals surface area contributed by atoms with Gasteiger partial charge in [0.1, 0.15) is 5.75 Å². The number of pyridine rings is 2. The number of ether oxygens (including phenoxy) is 1. The maximum absolute atomic E-state index is 12.1. The van der Waals surface area contributed by atoms with Crippen LogP contribution in [0.2, 0.25) is 0 Å². The van der Waals surface area contributed by atoms with Gasteiger partial charge in [-0.15, -0.1) is 0 Å². The molecule has 4 heteroatoms. The van der Waals surface area contributed by atoms with Crippen molar-refractivity contribution in [3.05, 3.63) is 58.3 Å². The van der Waals surface area contributed by atoms with Crippen LogP contribution >= 0.6 is 0 Å². The number of hydrogen-bond acceptors (Lipinski definition) is 3. The third-order valence-corrected chi connectivity index (χ3v) is 3.44. The molecular weight excluding hydrogens is 264 g/mol. The number of unbranched alkanes of at least 4 members (excludes halogenated alkanes) is 2. The predicted molar refractivity (Wildman–Crippen MR) is 83.8 cm³/mol. The zero-order chi connectivity index (χ0) is 15.1. The lowest BCUT2D eigenvalue weighted by atomic mass is 10.2. The van der Waals surface area contributed by atoms with Gasteiger partial charge in [0.25, 0.3) is 5.56 Å². The van der Waals surface area contributed by atoms with Gasteiger partial charge in [-0.2, -0.15) is 0 Å². The molecule has 0 atom stereocenters. The lowest BCUT2D eigenvalue weighted by molar-refractivity contribution is 0.305. The summed E-state index contributed by atoms with van der Waals surface area (Å²) in [5.41, 5.74) is 1.95. The van der Waals surface area contributed by atoms with Crippen LogP contribution < -0.4 is 10.3 Å². The molecule has 0 fully saturated rings. The van der Waals surface area contributed by atoms with E-state index in [1.54, 1.807) is 23.0 Å². The molecule has 2 heterocycles. The third kappa shape index (κ3) is 4.45. The van der Waals surface area contributed by atoms with Gasteiger partial charge in [-0.25, -0.2) is 0 Å². The van der Waals surface area contributed by atoms with Crippen LogP contribution in [-0.4, -0.2) is 16.2 Å². The first-order valence-corrected chi connectivity index (χ1v) is 7.44. The van der Waals surface area contributed by atoms with Crippen molar-refractivity contribution in [2.45, 2.75) is 39.7 Å². The summed E-state index contributed by atoms with van der Waals surface area (Å²) in [4.78, 5) is 16.3. The van der Waals surface area contributed by atoms with E-state index in [0.717, 1.165) is 30.5 Å². The fourth-order valence-corrected chi connectivity index (χ4v) is 2.12. The molecule has 0 N–H and O–H groups in total. The molecule has 0 amide bonds. The molecule has 112 valence electrons. The number of rotatable bonds is 7. The molecule has 0 saturated carbocycles. The van der Waals surface area contributed by atoms with E-state index in [1.807, 2.05) is 25.1 Å². The maximum atomic E-state index is 12.1. The van der Waals surface area contributed by atoms with Crippen molar-refractivity contribution in [2.24, 2.45) is 0 Å². The highest BCUT2D eigenvalue weighted by molar-refractivity contribution is 5.21. The van der Waals surface area contributed by atoms with E-state index < -0.39 is 0 Å². The number of hydrogen-bond donors (Lipinski definition) is 0. The second-order valence-electron chi connectivity index (χ2n) is 5.13. The topological polar surface area (TPSA) is 44.1 Å². The quantitative estimate of drug-likeness (QED) is 0.734. The Hall–Kier alpha value is -2.10. The number of aromatic nitrogens is 2. The van der Waals surface area contributed by atoms with E-state index in [2.05, 4.69) is 11.9 Å². The van der Waals surface area contributed by atoms with E-state index in [1.165, 1.54) is 0 Å². The molecule has 0 radical (unpaired) electrons. The van der Waals surface area contributed by atoms with Gasteiger partial charge in [0.05, 0.1) is 13.2 Å². The summed E-state index contributed by atoms with van der Waals surface area (Å²) in [5.74, 6) is 0.648. The molecule has 0 aliphatic rings. The first kappa shape index (κ1) is 15.3. The van der Waals surface area contributed by atoms with E-state index in [0.29, 0.717) is 18.9 Å². The third-order valence-electron chi connectivity index (χ3n) is 3.44.